The Bertz CT molecular complexity index is 1050. The molecule has 1 aliphatic carbocycles. The molecule has 7 heteroatoms. The lowest BCUT2D eigenvalue weighted by atomic mass is 9.93. The molecule has 1 saturated carbocycles. The largest absolute Gasteiger partial charge is 0.461 e. The van der Waals surface area contributed by atoms with Crippen LogP contribution in [0.5, 0.6) is 0 Å². The summed E-state index contributed by atoms with van der Waals surface area (Å²) in [5.74, 6) is -1.61. The second-order valence-corrected chi connectivity index (χ2v) is 9.36. The van der Waals surface area contributed by atoms with Gasteiger partial charge in [-0.15, -0.1) is 0 Å². The number of rotatable bonds is 6. The van der Waals surface area contributed by atoms with Crippen LogP contribution in [-0.2, 0) is 31.0 Å². The lowest BCUT2D eigenvalue weighted by Crippen LogP contribution is -2.38. The first-order chi connectivity index (χ1) is 14.5. The molecule has 1 unspecified atom stereocenters. The molecule has 3 atom stereocenters. The average molecular weight is 426 g/mol. The van der Waals surface area contributed by atoms with E-state index in [9.17, 15) is 18.0 Å². The van der Waals surface area contributed by atoms with Crippen LogP contribution in [0.15, 0.2) is 66.1 Å². The van der Waals surface area contributed by atoms with Gasteiger partial charge < -0.3 is 4.74 Å². The Morgan fingerprint density at radius 1 is 1.03 bits per heavy atom. The molecule has 0 spiro atoms. The monoisotopic (exact) mass is 425 g/mol. The number of carbonyl (C=O) groups excluding carboxylic acids is 2. The van der Waals surface area contributed by atoms with Crippen molar-refractivity contribution in [3.8, 4) is 0 Å². The molecule has 0 N–H and O–H groups in total. The normalized spacial score (nSPS) is 23.7. The Kier molecular flexibility index (Phi) is 5.72. The lowest BCUT2D eigenvalue weighted by molar-refractivity contribution is -0.151. The van der Waals surface area contributed by atoms with E-state index in [0.29, 0.717) is 12.8 Å². The van der Waals surface area contributed by atoms with E-state index >= 15 is 0 Å². The third-order valence-corrected chi connectivity index (χ3v) is 7.28. The molecule has 2 fully saturated rings. The van der Waals surface area contributed by atoms with Gasteiger partial charge in [0.2, 0.25) is 5.91 Å². The van der Waals surface area contributed by atoms with Gasteiger partial charge in [-0.2, -0.15) is 0 Å². The first kappa shape index (κ1) is 20.3. The second kappa shape index (κ2) is 8.44. The summed E-state index contributed by atoms with van der Waals surface area (Å²) in [6.45, 7) is 0.170. The van der Waals surface area contributed by atoms with Gasteiger partial charge in [-0.3, -0.25) is 9.59 Å². The van der Waals surface area contributed by atoms with E-state index < -0.39 is 27.9 Å². The highest BCUT2D eigenvalue weighted by Crippen LogP contribution is 2.44. The maximum Gasteiger partial charge on any atom is 0.309 e. The van der Waals surface area contributed by atoms with Crippen LogP contribution in [0.3, 0.4) is 0 Å². The van der Waals surface area contributed by atoms with Crippen molar-refractivity contribution in [2.45, 2.75) is 31.9 Å². The van der Waals surface area contributed by atoms with Crippen molar-refractivity contribution in [2.24, 2.45) is 11.8 Å². The first-order valence-corrected chi connectivity index (χ1v) is 11.5. The number of fused-ring (bicyclic) bond motifs is 1. The molecule has 0 radical (unpaired) electrons. The smallest absolute Gasteiger partial charge is 0.309 e. The van der Waals surface area contributed by atoms with Gasteiger partial charge in [0.15, 0.2) is 0 Å². The summed E-state index contributed by atoms with van der Waals surface area (Å²) in [5, 5.41) is 1.07. The number of hydrogen-bond donors (Lipinski definition) is 0. The molecule has 0 aromatic heterocycles. The summed E-state index contributed by atoms with van der Waals surface area (Å²) < 4.78 is 32.1. The number of esters is 1. The molecule has 156 valence electrons. The fourth-order valence-corrected chi connectivity index (χ4v) is 5.80. The molecule has 2 aliphatic rings. The molecule has 4 rings (SSSR count). The van der Waals surface area contributed by atoms with Gasteiger partial charge in [0.25, 0.3) is 10.0 Å². The Labute approximate surface area is 176 Å². The maximum atomic E-state index is 12.8. The summed E-state index contributed by atoms with van der Waals surface area (Å²) >= 11 is 0. The number of hydrogen-bond acceptors (Lipinski definition) is 5. The Hall–Kier alpha value is -2.93. The van der Waals surface area contributed by atoms with Gasteiger partial charge in [0.1, 0.15) is 6.61 Å². The van der Waals surface area contributed by atoms with Crippen molar-refractivity contribution in [3.63, 3.8) is 0 Å². The highest BCUT2D eigenvalue weighted by molar-refractivity contribution is 7.92. The summed E-state index contributed by atoms with van der Waals surface area (Å²) in [5.41, 5.74) is 1.62. The standard InChI is InChI=1S/C23H23NO5S/c25-22-15-20-19(23(26)29-16-18-9-5-2-6-10-18)11-12-21(20)24(22)30(27,28)14-13-17-7-3-1-4-8-17/h1-10,13-14,19-21H,11-12,15-16H2/b14-13+/t19?,20-,21-/m0/s1. The molecule has 6 nitrogen and oxygen atoms in total. The topological polar surface area (TPSA) is 80.8 Å². The fraction of sp³-hybridized carbons (Fsp3) is 0.304. The van der Waals surface area contributed by atoms with Crippen LogP contribution in [0, 0.1) is 11.8 Å². The third-order valence-electron chi connectivity index (χ3n) is 5.77. The molecular weight excluding hydrogens is 402 g/mol. The summed E-state index contributed by atoms with van der Waals surface area (Å²) in [6, 6.07) is 17.9. The molecule has 1 heterocycles. The van der Waals surface area contributed by atoms with E-state index in [1.807, 2.05) is 48.5 Å². The number of amides is 1. The fourth-order valence-electron chi connectivity index (χ4n) is 4.35. The van der Waals surface area contributed by atoms with Gasteiger partial charge >= 0.3 is 5.97 Å². The number of benzene rings is 2. The van der Waals surface area contributed by atoms with Crippen LogP contribution in [-0.4, -0.2) is 30.6 Å². The maximum absolute atomic E-state index is 12.8. The van der Waals surface area contributed by atoms with Gasteiger partial charge in [0, 0.05) is 12.3 Å². The summed E-state index contributed by atoms with van der Waals surface area (Å²) in [6.07, 6.45) is 2.52. The summed E-state index contributed by atoms with van der Waals surface area (Å²) in [4.78, 5) is 25.2. The molecule has 30 heavy (non-hydrogen) atoms. The molecule has 0 bridgehead atoms. The highest BCUT2D eigenvalue weighted by Gasteiger charge is 2.53. The van der Waals surface area contributed by atoms with Gasteiger partial charge in [-0.25, -0.2) is 12.7 Å². The molecular formula is C23H23NO5S. The van der Waals surface area contributed by atoms with Crippen LogP contribution in [0.25, 0.3) is 6.08 Å². The number of nitrogens with zero attached hydrogens (tertiary/aromatic N) is 1. The zero-order valence-corrected chi connectivity index (χ0v) is 17.2. The second-order valence-electron chi connectivity index (χ2n) is 7.66. The predicted octanol–water partition coefficient (Wildman–Crippen LogP) is 3.36. The van der Waals surface area contributed by atoms with Gasteiger partial charge in [0.05, 0.1) is 17.4 Å². The number of sulfonamides is 1. The van der Waals surface area contributed by atoms with Gasteiger partial charge in [-0.1, -0.05) is 60.7 Å². The Balaban J connectivity index is 1.44. The SMILES string of the molecule is O=C(OCc1ccccc1)C1CC[C@H]2[C@H]1CC(=O)N2S(=O)(=O)/C=C/c1ccccc1. The van der Waals surface area contributed by atoms with E-state index in [-0.39, 0.29) is 24.9 Å². The van der Waals surface area contributed by atoms with Crippen molar-refractivity contribution in [1.29, 1.82) is 0 Å². The highest BCUT2D eigenvalue weighted by atomic mass is 32.2. The van der Waals surface area contributed by atoms with E-state index in [4.69, 9.17) is 4.74 Å². The Morgan fingerprint density at radius 2 is 1.70 bits per heavy atom. The van der Waals surface area contributed by atoms with Crippen molar-refractivity contribution < 1.29 is 22.7 Å². The molecule has 1 amide bonds. The minimum atomic E-state index is -3.91. The Morgan fingerprint density at radius 3 is 2.40 bits per heavy atom. The predicted molar refractivity (Wildman–Crippen MR) is 112 cm³/mol. The van der Waals surface area contributed by atoms with Crippen LogP contribution in [0.4, 0.5) is 0 Å². The quantitative estimate of drug-likeness (QED) is 0.663. The minimum absolute atomic E-state index is 0.0498. The lowest BCUT2D eigenvalue weighted by Gasteiger charge is -2.22. The van der Waals surface area contributed by atoms with Crippen LogP contribution >= 0.6 is 0 Å². The van der Waals surface area contributed by atoms with Crippen LogP contribution < -0.4 is 0 Å². The third kappa shape index (κ3) is 4.16. The zero-order valence-electron chi connectivity index (χ0n) is 16.4. The van der Waals surface area contributed by atoms with Crippen molar-refractivity contribution in [3.05, 3.63) is 77.2 Å². The molecule has 2 aromatic rings. The number of carbonyl (C=O) groups is 2. The zero-order chi connectivity index (χ0) is 21.1. The van der Waals surface area contributed by atoms with E-state index in [1.54, 1.807) is 12.1 Å². The minimum Gasteiger partial charge on any atom is -0.461 e. The molecule has 1 aliphatic heterocycles. The van der Waals surface area contributed by atoms with Crippen molar-refractivity contribution in [2.75, 3.05) is 0 Å². The summed E-state index contributed by atoms with van der Waals surface area (Å²) in [7, 11) is -3.91. The van der Waals surface area contributed by atoms with Gasteiger partial charge in [-0.05, 0) is 30.0 Å². The first-order valence-electron chi connectivity index (χ1n) is 9.97. The van der Waals surface area contributed by atoms with Crippen LogP contribution in [0.2, 0.25) is 0 Å². The van der Waals surface area contributed by atoms with Crippen molar-refractivity contribution >= 4 is 28.0 Å². The van der Waals surface area contributed by atoms with E-state index in [0.717, 1.165) is 20.8 Å². The number of ether oxygens (including phenoxy) is 1. The van der Waals surface area contributed by atoms with Crippen molar-refractivity contribution in [1.82, 2.24) is 4.31 Å². The van der Waals surface area contributed by atoms with E-state index in [1.165, 1.54) is 6.08 Å². The average Bonchev–Trinajstić information content (AvgIpc) is 3.30. The molecule has 1 saturated heterocycles. The molecule has 2 aromatic carbocycles. The van der Waals surface area contributed by atoms with Crippen LogP contribution in [0.1, 0.15) is 30.4 Å². The van der Waals surface area contributed by atoms with E-state index in [2.05, 4.69) is 0 Å².